The smallest absolute Gasteiger partial charge is 0.478 e. The molecule has 0 unspecified atom stereocenters. The lowest BCUT2D eigenvalue weighted by atomic mass is 10.2. The molecule has 0 heterocycles. The van der Waals surface area contributed by atoms with E-state index in [-0.39, 0.29) is 6.92 Å². The Balaban J connectivity index is 3.50. The van der Waals surface area contributed by atoms with Crippen molar-refractivity contribution in [3.8, 4) is 5.75 Å². The first-order valence-corrected chi connectivity index (χ1v) is 9.54. The topological polar surface area (TPSA) is 167 Å². The van der Waals surface area contributed by atoms with Crippen molar-refractivity contribution in [2.24, 2.45) is 0 Å². The number of aromatic carboxylic acids is 1. The summed E-state index contributed by atoms with van der Waals surface area (Å²) < 4.78 is 93.7. The fraction of sp³-hybridized carbons (Fsp3) is 0.250. The lowest BCUT2D eigenvalue weighted by Crippen LogP contribution is -2.59. The minimum absolute atomic E-state index is 0.294. The molecule has 0 fully saturated rings. The first kappa shape index (κ1) is 24.1. The fourth-order valence-corrected chi connectivity index (χ4v) is 4.77. The molecular weight excluding hydrogens is 460 g/mol. The van der Waals surface area contributed by atoms with Crippen molar-refractivity contribution >= 4 is 37.9 Å². The SMILES string of the molecule is CC(C(=O)OF)(C(=O)OF)S(=O)(=O)C(F)(F)S(=O)(=O)Oc1ccc(C(=O)O)cc1. The molecule has 0 aliphatic carbocycles. The van der Waals surface area contributed by atoms with Gasteiger partial charge in [-0.15, -0.1) is 0 Å². The molecule has 0 amide bonds. The number of halogens is 4. The van der Waals surface area contributed by atoms with E-state index < -0.39 is 58.5 Å². The molecule has 0 bridgehead atoms. The first-order chi connectivity index (χ1) is 13.1. The standard InChI is InChI=1S/C12H8F4O11S2/c1-11(9(19)25-15,10(20)26-16)28(21,22)12(13,14)29(23,24)27-7-4-2-6(3-5-7)8(17)18/h2-5H,1H3,(H,17,18). The fourth-order valence-electron chi connectivity index (χ4n) is 1.65. The van der Waals surface area contributed by atoms with Crippen molar-refractivity contribution in [3.05, 3.63) is 29.8 Å². The van der Waals surface area contributed by atoms with Crippen molar-refractivity contribution in [2.45, 2.75) is 16.3 Å². The van der Waals surface area contributed by atoms with Gasteiger partial charge in [-0.05, 0) is 31.2 Å². The van der Waals surface area contributed by atoms with Crippen molar-refractivity contribution in [2.75, 3.05) is 0 Å². The molecule has 0 radical (unpaired) electrons. The minimum Gasteiger partial charge on any atom is -0.478 e. The summed E-state index contributed by atoms with van der Waals surface area (Å²) in [6.45, 7) is -0.294. The van der Waals surface area contributed by atoms with Gasteiger partial charge in [-0.25, -0.2) is 22.8 Å². The number of benzene rings is 1. The molecule has 1 rings (SSSR count). The van der Waals surface area contributed by atoms with E-state index in [0.717, 1.165) is 0 Å². The Labute approximate surface area is 158 Å². The molecule has 0 aromatic heterocycles. The zero-order valence-corrected chi connectivity index (χ0v) is 15.3. The molecule has 17 heteroatoms. The summed E-state index contributed by atoms with van der Waals surface area (Å²) in [5, 5.41) is 8.68. The maximum atomic E-state index is 14.3. The quantitative estimate of drug-likeness (QED) is 0.323. The van der Waals surface area contributed by atoms with E-state index in [0.29, 0.717) is 24.3 Å². The van der Waals surface area contributed by atoms with Crippen LogP contribution in [0.2, 0.25) is 0 Å². The van der Waals surface area contributed by atoms with Gasteiger partial charge in [0.15, 0.2) is 0 Å². The summed E-state index contributed by atoms with van der Waals surface area (Å²) >= 11 is 0. The molecule has 1 N–H and O–H groups in total. The van der Waals surface area contributed by atoms with Crippen molar-refractivity contribution in [3.63, 3.8) is 0 Å². The van der Waals surface area contributed by atoms with E-state index in [4.69, 9.17) is 5.11 Å². The van der Waals surface area contributed by atoms with E-state index in [9.17, 15) is 49.1 Å². The molecule has 0 saturated carbocycles. The third-order valence-electron chi connectivity index (χ3n) is 3.37. The molecular formula is C12H8F4O11S2. The van der Waals surface area contributed by atoms with Crippen LogP contribution in [-0.2, 0) is 39.4 Å². The zero-order valence-electron chi connectivity index (χ0n) is 13.7. The van der Waals surface area contributed by atoms with Crippen LogP contribution < -0.4 is 4.18 Å². The Morgan fingerprint density at radius 1 is 0.931 bits per heavy atom. The maximum absolute atomic E-state index is 14.3. The van der Waals surface area contributed by atoms with Crippen LogP contribution in [0.5, 0.6) is 5.75 Å². The molecule has 0 aliphatic heterocycles. The molecule has 11 nitrogen and oxygen atoms in total. The second-order valence-corrected chi connectivity index (χ2v) is 9.28. The predicted molar refractivity (Wildman–Crippen MR) is 79.6 cm³/mol. The number of carbonyl (C=O) groups is 3. The lowest BCUT2D eigenvalue weighted by Gasteiger charge is -2.25. The van der Waals surface area contributed by atoms with Gasteiger partial charge >= 0.3 is 32.6 Å². The van der Waals surface area contributed by atoms with E-state index in [1.165, 1.54) is 0 Å². The normalized spacial score (nSPS) is 12.7. The van der Waals surface area contributed by atoms with Gasteiger partial charge < -0.3 is 9.29 Å². The van der Waals surface area contributed by atoms with Gasteiger partial charge in [0.05, 0.1) is 5.56 Å². The van der Waals surface area contributed by atoms with Crippen LogP contribution in [0.3, 0.4) is 0 Å². The average Bonchev–Trinajstić information content (AvgIpc) is 2.65. The van der Waals surface area contributed by atoms with Crippen LogP contribution in [0.4, 0.5) is 17.8 Å². The highest BCUT2D eigenvalue weighted by Gasteiger charge is 2.73. The first-order valence-electron chi connectivity index (χ1n) is 6.65. The lowest BCUT2D eigenvalue weighted by molar-refractivity contribution is -0.202. The molecule has 1 aromatic rings. The number of carbonyl (C=O) groups excluding carboxylic acids is 2. The van der Waals surface area contributed by atoms with Gasteiger partial charge in [0, 0.05) is 9.05 Å². The number of carboxylic acids is 1. The van der Waals surface area contributed by atoms with Crippen LogP contribution in [0, 0.1) is 0 Å². The molecule has 0 saturated heterocycles. The largest absolute Gasteiger partial charge is 0.483 e. The second-order valence-electron chi connectivity index (χ2n) is 5.10. The van der Waals surface area contributed by atoms with E-state index in [1.54, 1.807) is 0 Å². The molecule has 0 aliphatic rings. The van der Waals surface area contributed by atoms with Gasteiger partial charge in [-0.1, -0.05) is 0 Å². The molecule has 0 atom stereocenters. The Morgan fingerprint density at radius 3 is 1.69 bits per heavy atom. The van der Waals surface area contributed by atoms with Crippen LogP contribution >= 0.6 is 0 Å². The van der Waals surface area contributed by atoms with E-state index in [1.807, 2.05) is 0 Å². The van der Waals surface area contributed by atoms with E-state index in [2.05, 4.69) is 14.1 Å². The average molecular weight is 468 g/mol. The second kappa shape index (κ2) is 7.82. The molecule has 1 aromatic carbocycles. The highest BCUT2D eigenvalue weighted by atomic mass is 32.3. The summed E-state index contributed by atoms with van der Waals surface area (Å²) in [4.78, 5) is 37.9. The zero-order chi connectivity index (χ0) is 22.8. The molecule has 0 spiro atoms. The predicted octanol–water partition coefficient (Wildman–Crippen LogP) is 0.673. The molecule has 29 heavy (non-hydrogen) atoms. The van der Waals surface area contributed by atoms with Crippen LogP contribution in [-0.4, -0.2) is 49.2 Å². The summed E-state index contributed by atoms with van der Waals surface area (Å²) in [6.07, 6.45) is 0. The maximum Gasteiger partial charge on any atom is 0.483 e. The Morgan fingerprint density at radius 2 is 1.34 bits per heavy atom. The van der Waals surface area contributed by atoms with Crippen molar-refractivity contribution in [1.29, 1.82) is 0 Å². The summed E-state index contributed by atoms with van der Waals surface area (Å²) in [6, 6.07) is 2.50. The minimum atomic E-state index is -6.99. The summed E-state index contributed by atoms with van der Waals surface area (Å²) in [5.41, 5.74) is -0.432. The highest BCUT2D eigenvalue weighted by molar-refractivity contribution is 8.09. The Hall–Kier alpha value is -2.95. The van der Waals surface area contributed by atoms with Gasteiger partial charge in [-0.3, -0.25) is 9.88 Å². The summed E-state index contributed by atoms with van der Waals surface area (Å²) in [5.74, 6) is -8.35. The van der Waals surface area contributed by atoms with Crippen molar-refractivity contribution in [1.82, 2.24) is 0 Å². The highest BCUT2D eigenvalue weighted by Crippen LogP contribution is 2.40. The number of carboxylic acid groups (broad SMARTS) is 1. The number of hydrogen-bond acceptors (Lipinski definition) is 10. The Bertz CT molecular complexity index is 1020. The van der Waals surface area contributed by atoms with Gasteiger partial charge in [-0.2, -0.15) is 17.2 Å². The number of alkyl halides is 2. The number of hydrogen-bond donors (Lipinski definition) is 1. The van der Waals surface area contributed by atoms with Crippen molar-refractivity contribution < 1.29 is 68.2 Å². The van der Waals surface area contributed by atoms with Crippen LogP contribution in [0.25, 0.3) is 0 Å². The van der Waals surface area contributed by atoms with E-state index >= 15 is 0 Å². The van der Waals surface area contributed by atoms with Gasteiger partial charge in [0.25, 0.3) is 14.6 Å². The van der Waals surface area contributed by atoms with Gasteiger partial charge in [0.1, 0.15) is 5.75 Å². The Kier molecular flexibility index (Phi) is 6.49. The van der Waals surface area contributed by atoms with Crippen LogP contribution in [0.15, 0.2) is 24.3 Å². The summed E-state index contributed by atoms with van der Waals surface area (Å²) in [7, 11) is -13.6. The van der Waals surface area contributed by atoms with Crippen LogP contribution in [0.1, 0.15) is 17.3 Å². The van der Waals surface area contributed by atoms with Gasteiger partial charge in [0.2, 0.25) is 0 Å². The third-order valence-corrected chi connectivity index (χ3v) is 7.67. The number of rotatable bonds is 8. The number of sulfone groups is 1. The molecule has 162 valence electrons. The third kappa shape index (κ3) is 3.82. The monoisotopic (exact) mass is 468 g/mol.